The van der Waals surface area contributed by atoms with Crippen LogP contribution < -0.4 is 5.32 Å². The average Bonchev–Trinajstić information content (AvgIpc) is 2.46. The van der Waals surface area contributed by atoms with Crippen molar-refractivity contribution in [2.75, 3.05) is 13.2 Å². The fourth-order valence-corrected chi connectivity index (χ4v) is 2.38. The highest BCUT2D eigenvalue weighted by molar-refractivity contribution is 5.78. The number of nitrogens with one attached hydrogen (secondary N) is 1. The summed E-state index contributed by atoms with van der Waals surface area (Å²) in [5, 5.41) is 3.02. The first-order valence-corrected chi connectivity index (χ1v) is 6.67. The zero-order valence-corrected chi connectivity index (χ0v) is 10.9. The first-order chi connectivity index (χ1) is 8.77. The molecule has 3 heteroatoms. The van der Waals surface area contributed by atoms with Crippen LogP contribution >= 0.6 is 0 Å². The molecule has 1 fully saturated rings. The van der Waals surface area contributed by atoms with Gasteiger partial charge in [-0.1, -0.05) is 37.3 Å². The number of amides is 1. The molecule has 1 unspecified atom stereocenters. The van der Waals surface area contributed by atoms with Crippen molar-refractivity contribution in [1.29, 1.82) is 0 Å². The van der Waals surface area contributed by atoms with Crippen LogP contribution in [0.4, 0.5) is 0 Å². The van der Waals surface area contributed by atoms with E-state index in [1.807, 2.05) is 37.3 Å². The molecule has 1 saturated heterocycles. The van der Waals surface area contributed by atoms with E-state index < -0.39 is 0 Å². The normalized spacial score (nSPS) is 18.3. The van der Waals surface area contributed by atoms with E-state index in [2.05, 4.69) is 5.32 Å². The molecule has 3 nitrogen and oxygen atoms in total. The fraction of sp³-hybridized carbons (Fsp3) is 0.533. The highest BCUT2D eigenvalue weighted by Crippen LogP contribution is 2.23. The SMILES string of the molecule is CC(C(=O)NCc1ccccc1)C1CCOCC1. The van der Waals surface area contributed by atoms with E-state index in [-0.39, 0.29) is 11.8 Å². The second-order valence-corrected chi connectivity index (χ2v) is 4.94. The summed E-state index contributed by atoms with van der Waals surface area (Å²) in [5.74, 6) is 0.706. The van der Waals surface area contributed by atoms with Gasteiger partial charge in [-0.3, -0.25) is 4.79 Å². The Balaban J connectivity index is 1.80. The molecule has 1 aliphatic rings. The Bertz CT molecular complexity index is 371. The molecule has 1 aliphatic heterocycles. The number of carbonyl (C=O) groups is 1. The molecule has 2 rings (SSSR count). The number of carbonyl (C=O) groups excluding carboxylic acids is 1. The third-order valence-electron chi connectivity index (χ3n) is 3.70. The summed E-state index contributed by atoms with van der Waals surface area (Å²) in [5.41, 5.74) is 1.14. The van der Waals surface area contributed by atoms with Crippen molar-refractivity contribution in [3.05, 3.63) is 35.9 Å². The van der Waals surface area contributed by atoms with Crippen LogP contribution in [0.2, 0.25) is 0 Å². The van der Waals surface area contributed by atoms with Crippen molar-refractivity contribution < 1.29 is 9.53 Å². The zero-order valence-electron chi connectivity index (χ0n) is 10.9. The molecule has 0 saturated carbocycles. The van der Waals surface area contributed by atoms with Gasteiger partial charge in [-0.25, -0.2) is 0 Å². The summed E-state index contributed by atoms with van der Waals surface area (Å²) in [6.07, 6.45) is 2.00. The van der Waals surface area contributed by atoms with Crippen molar-refractivity contribution in [1.82, 2.24) is 5.32 Å². The van der Waals surface area contributed by atoms with Gasteiger partial charge in [0.1, 0.15) is 0 Å². The van der Waals surface area contributed by atoms with Crippen LogP contribution in [-0.2, 0) is 16.1 Å². The Morgan fingerprint density at radius 2 is 2.00 bits per heavy atom. The minimum Gasteiger partial charge on any atom is -0.381 e. The molecule has 1 N–H and O–H groups in total. The smallest absolute Gasteiger partial charge is 0.223 e. The van der Waals surface area contributed by atoms with E-state index in [0.717, 1.165) is 31.6 Å². The van der Waals surface area contributed by atoms with Crippen LogP contribution in [0.1, 0.15) is 25.3 Å². The van der Waals surface area contributed by atoms with Gasteiger partial charge in [-0.15, -0.1) is 0 Å². The van der Waals surface area contributed by atoms with Crippen molar-refractivity contribution in [2.24, 2.45) is 11.8 Å². The topological polar surface area (TPSA) is 38.3 Å². The summed E-state index contributed by atoms with van der Waals surface area (Å²) in [6.45, 7) is 4.23. The highest BCUT2D eigenvalue weighted by atomic mass is 16.5. The molecule has 18 heavy (non-hydrogen) atoms. The number of hydrogen-bond acceptors (Lipinski definition) is 2. The van der Waals surface area contributed by atoms with Gasteiger partial charge in [0, 0.05) is 25.7 Å². The monoisotopic (exact) mass is 247 g/mol. The first-order valence-electron chi connectivity index (χ1n) is 6.67. The lowest BCUT2D eigenvalue weighted by Crippen LogP contribution is -2.35. The van der Waals surface area contributed by atoms with E-state index in [9.17, 15) is 4.79 Å². The molecule has 0 aliphatic carbocycles. The van der Waals surface area contributed by atoms with Crippen LogP contribution in [-0.4, -0.2) is 19.1 Å². The van der Waals surface area contributed by atoms with Crippen LogP contribution in [0, 0.1) is 11.8 Å². The molecule has 1 aromatic rings. The first kappa shape index (κ1) is 13.1. The van der Waals surface area contributed by atoms with Crippen molar-refractivity contribution in [2.45, 2.75) is 26.3 Å². The van der Waals surface area contributed by atoms with Crippen molar-refractivity contribution in [3.63, 3.8) is 0 Å². The minimum absolute atomic E-state index is 0.0811. The van der Waals surface area contributed by atoms with Gasteiger partial charge < -0.3 is 10.1 Å². The van der Waals surface area contributed by atoms with Gasteiger partial charge in [0.2, 0.25) is 5.91 Å². The van der Waals surface area contributed by atoms with Crippen molar-refractivity contribution in [3.8, 4) is 0 Å². The van der Waals surface area contributed by atoms with E-state index >= 15 is 0 Å². The average molecular weight is 247 g/mol. The lowest BCUT2D eigenvalue weighted by atomic mass is 9.87. The predicted molar refractivity (Wildman–Crippen MR) is 71.0 cm³/mol. The summed E-state index contributed by atoms with van der Waals surface area (Å²) in [6, 6.07) is 10.0. The lowest BCUT2D eigenvalue weighted by Gasteiger charge is -2.26. The Hall–Kier alpha value is -1.35. The zero-order chi connectivity index (χ0) is 12.8. The summed E-state index contributed by atoms with van der Waals surface area (Å²) in [7, 11) is 0. The van der Waals surface area contributed by atoms with Crippen molar-refractivity contribution >= 4 is 5.91 Å². The quantitative estimate of drug-likeness (QED) is 0.887. The summed E-state index contributed by atoms with van der Waals surface area (Å²) in [4.78, 5) is 12.1. The minimum atomic E-state index is 0.0811. The summed E-state index contributed by atoms with van der Waals surface area (Å²) < 4.78 is 5.33. The van der Waals surface area contributed by atoms with Gasteiger partial charge in [0.25, 0.3) is 0 Å². The molecule has 98 valence electrons. The van der Waals surface area contributed by atoms with E-state index in [4.69, 9.17) is 4.74 Å². The molecule has 0 bridgehead atoms. The molecule has 1 amide bonds. The molecule has 1 aromatic carbocycles. The van der Waals surface area contributed by atoms with Crippen LogP contribution in [0.25, 0.3) is 0 Å². The predicted octanol–water partition coefficient (Wildman–Crippen LogP) is 2.37. The maximum atomic E-state index is 12.1. The summed E-state index contributed by atoms with van der Waals surface area (Å²) >= 11 is 0. The second kappa shape index (κ2) is 6.55. The lowest BCUT2D eigenvalue weighted by molar-refractivity contribution is -0.127. The van der Waals surface area contributed by atoms with E-state index in [1.165, 1.54) is 0 Å². The van der Waals surface area contributed by atoms with Gasteiger partial charge >= 0.3 is 0 Å². The molecular formula is C15H21NO2. The van der Waals surface area contributed by atoms with Gasteiger partial charge in [0.05, 0.1) is 0 Å². The van der Waals surface area contributed by atoms with Gasteiger partial charge in [-0.05, 0) is 24.3 Å². The second-order valence-electron chi connectivity index (χ2n) is 4.94. The molecule has 0 spiro atoms. The Labute approximate surface area is 109 Å². The number of benzene rings is 1. The number of hydrogen-bond donors (Lipinski definition) is 1. The van der Waals surface area contributed by atoms with E-state index in [1.54, 1.807) is 0 Å². The number of ether oxygens (including phenoxy) is 1. The van der Waals surface area contributed by atoms with Crippen LogP contribution in [0.15, 0.2) is 30.3 Å². The maximum absolute atomic E-state index is 12.1. The largest absolute Gasteiger partial charge is 0.381 e. The molecule has 0 radical (unpaired) electrons. The van der Waals surface area contributed by atoms with Gasteiger partial charge in [0.15, 0.2) is 0 Å². The Morgan fingerprint density at radius 1 is 1.33 bits per heavy atom. The highest BCUT2D eigenvalue weighted by Gasteiger charge is 2.25. The number of rotatable bonds is 4. The fourth-order valence-electron chi connectivity index (χ4n) is 2.38. The standard InChI is InChI=1S/C15H21NO2/c1-12(14-7-9-18-10-8-14)15(17)16-11-13-5-3-2-4-6-13/h2-6,12,14H,7-11H2,1H3,(H,16,17). The molecule has 1 atom stereocenters. The Morgan fingerprint density at radius 3 is 2.67 bits per heavy atom. The molecule has 1 heterocycles. The van der Waals surface area contributed by atoms with Crippen LogP contribution in [0.3, 0.4) is 0 Å². The molecule has 0 aromatic heterocycles. The van der Waals surface area contributed by atoms with Crippen LogP contribution in [0.5, 0.6) is 0 Å². The third kappa shape index (κ3) is 3.57. The van der Waals surface area contributed by atoms with E-state index in [0.29, 0.717) is 12.5 Å². The third-order valence-corrected chi connectivity index (χ3v) is 3.70. The Kier molecular flexibility index (Phi) is 4.76. The maximum Gasteiger partial charge on any atom is 0.223 e. The van der Waals surface area contributed by atoms with Gasteiger partial charge in [-0.2, -0.15) is 0 Å². The molecular weight excluding hydrogens is 226 g/mol.